The number of benzene rings is 1. The fourth-order valence-corrected chi connectivity index (χ4v) is 1.86. The average Bonchev–Trinajstić information content (AvgIpc) is 2.40. The van der Waals surface area contributed by atoms with Crippen LogP contribution in [0.1, 0.15) is 21.7 Å². The highest BCUT2D eigenvalue weighted by Gasteiger charge is 2.14. The first-order chi connectivity index (χ1) is 9.49. The zero-order valence-corrected chi connectivity index (χ0v) is 11.9. The molecule has 2 aromatic rings. The van der Waals surface area contributed by atoms with Crippen molar-refractivity contribution in [1.29, 1.82) is 5.26 Å². The molecule has 0 aliphatic carbocycles. The van der Waals surface area contributed by atoms with Crippen molar-refractivity contribution >= 4 is 21.9 Å². The highest BCUT2D eigenvalue weighted by molar-refractivity contribution is 9.10. The molecule has 2 rings (SSSR count). The molecule has 1 aromatic carbocycles. The van der Waals surface area contributed by atoms with Gasteiger partial charge in [0.25, 0.3) is 0 Å². The highest BCUT2D eigenvalue weighted by atomic mass is 79.9. The van der Waals surface area contributed by atoms with Gasteiger partial charge in [-0.2, -0.15) is 10.2 Å². The Bertz CT molecular complexity index is 725. The lowest BCUT2D eigenvalue weighted by Gasteiger charge is -2.08. The number of nitrogens with zero attached hydrogens (tertiary/aromatic N) is 3. The van der Waals surface area contributed by atoms with Gasteiger partial charge in [-0.25, -0.2) is 9.78 Å². The van der Waals surface area contributed by atoms with E-state index in [-0.39, 0.29) is 23.0 Å². The molecule has 0 atom stereocenters. The second-order valence-corrected chi connectivity index (χ2v) is 4.75. The molecule has 20 heavy (non-hydrogen) atoms. The Morgan fingerprint density at radius 2 is 2.15 bits per heavy atom. The van der Waals surface area contributed by atoms with Gasteiger partial charge in [0, 0.05) is 10.2 Å². The van der Waals surface area contributed by atoms with Crippen molar-refractivity contribution in [3.05, 3.63) is 45.7 Å². The molecular formula is C13H8BrN3O3. The van der Waals surface area contributed by atoms with Crippen LogP contribution in [0.5, 0.6) is 11.8 Å². The molecule has 0 spiro atoms. The van der Waals surface area contributed by atoms with Crippen LogP contribution < -0.4 is 4.74 Å². The van der Waals surface area contributed by atoms with E-state index >= 15 is 0 Å². The molecule has 0 unspecified atom stereocenters. The van der Waals surface area contributed by atoms with E-state index in [9.17, 15) is 4.79 Å². The lowest BCUT2D eigenvalue weighted by Crippen LogP contribution is -2.02. The van der Waals surface area contributed by atoms with E-state index in [2.05, 4.69) is 25.9 Å². The smallest absolute Gasteiger partial charge is 0.339 e. The van der Waals surface area contributed by atoms with Crippen LogP contribution in [0.2, 0.25) is 0 Å². The third kappa shape index (κ3) is 3.10. The zero-order valence-electron chi connectivity index (χ0n) is 10.3. The number of nitriles is 1. The molecule has 0 bridgehead atoms. The summed E-state index contributed by atoms with van der Waals surface area (Å²) in [4.78, 5) is 19.0. The van der Waals surface area contributed by atoms with Crippen LogP contribution in [-0.4, -0.2) is 21.0 Å². The third-order valence-electron chi connectivity index (χ3n) is 2.32. The van der Waals surface area contributed by atoms with Gasteiger partial charge in [0.05, 0.1) is 0 Å². The maximum absolute atomic E-state index is 11.2. The topological polar surface area (TPSA) is 96.1 Å². The molecular weight excluding hydrogens is 326 g/mol. The van der Waals surface area contributed by atoms with Crippen LogP contribution in [0.25, 0.3) is 0 Å². The first-order valence-corrected chi connectivity index (χ1v) is 6.25. The van der Waals surface area contributed by atoms with Gasteiger partial charge in [-0.3, -0.25) is 0 Å². The number of carbonyl (C=O) groups is 1. The van der Waals surface area contributed by atoms with Crippen molar-refractivity contribution < 1.29 is 14.6 Å². The summed E-state index contributed by atoms with van der Waals surface area (Å²) in [6.07, 6.45) is 0. The summed E-state index contributed by atoms with van der Waals surface area (Å²) < 4.78 is 5.99. The van der Waals surface area contributed by atoms with Gasteiger partial charge in [-0.05, 0) is 31.2 Å². The van der Waals surface area contributed by atoms with E-state index in [4.69, 9.17) is 15.1 Å². The van der Waals surface area contributed by atoms with Gasteiger partial charge in [-0.1, -0.05) is 15.9 Å². The van der Waals surface area contributed by atoms with E-state index < -0.39 is 5.97 Å². The molecule has 1 N–H and O–H groups in total. The molecule has 1 heterocycles. The molecule has 7 heteroatoms. The van der Waals surface area contributed by atoms with Crippen LogP contribution >= 0.6 is 15.9 Å². The van der Waals surface area contributed by atoms with Crippen LogP contribution in [-0.2, 0) is 0 Å². The van der Waals surface area contributed by atoms with E-state index in [0.29, 0.717) is 10.2 Å². The molecule has 1 aromatic heterocycles. The minimum atomic E-state index is -1.13. The summed E-state index contributed by atoms with van der Waals surface area (Å²) in [5.74, 6) is -1.02. The van der Waals surface area contributed by atoms with Gasteiger partial charge in [0.15, 0.2) is 0 Å². The molecule has 0 saturated heterocycles. The molecule has 0 aliphatic rings. The first-order valence-electron chi connectivity index (χ1n) is 5.46. The summed E-state index contributed by atoms with van der Waals surface area (Å²) in [5, 5.41) is 18.0. The number of hydrogen-bond donors (Lipinski definition) is 1. The van der Waals surface area contributed by atoms with E-state index in [1.807, 2.05) is 6.07 Å². The van der Waals surface area contributed by atoms with Gasteiger partial charge < -0.3 is 9.84 Å². The summed E-state index contributed by atoms with van der Waals surface area (Å²) in [6, 6.07) is 7.88. The number of rotatable bonds is 3. The van der Waals surface area contributed by atoms with E-state index in [1.54, 1.807) is 13.0 Å². The molecule has 0 radical (unpaired) electrons. The minimum absolute atomic E-state index is 0.0250. The van der Waals surface area contributed by atoms with Crippen LogP contribution in [0, 0.1) is 18.3 Å². The molecule has 0 aliphatic heterocycles. The standard InChI is InChI=1S/C13H8BrN3O3/c1-7-4-9(6-15)17-13(16-7)20-11-3-2-8(14)5-10(11)12(18)19/h2-5H,1H3,(H,18,19). The summed E-state index contributed by atoms with van der Waals surface area (Å²) >= 11 is 3.19. The largest absolute Gasteiger partial charge is 0.478 e. The van der Waals surface area contributed by atoms with Crippen LogP contribution in [0.15, 0.2) is 28.7 Å². The molecule has 100 valence electrons. The monoisotopic (exact) mass is 333 g/mol. The molecule has 0 saturated carbocycles. The van der Waals surface area contributed by atoms with Crippen molar-refractivity contribution in [2.24, 2.45) is 0 Å². The Morgan fingerprint density at radius 3 is 2.80 bits per heavy atom. The normalized spacial score (nSPS) is 9.85. The molecule has 0 amide bonds. The molecule has 6 nitrogen and oxygen atoms in total. The Labute approximate surface area is 122 Å². The second kappa shape index (κ2) is 5.67. The number of aromatic nitrogens is 2. The minimum Gasteiger partial charge on any atom is -0.478 e. The lowest BCUT2D eigenvalue weighted by atomic mass is 10.2. The van der Waals surface area contributed by atoms with Gasteiger partial charge in [-0.15, -0.1) is 0 Å². The molecule has 0 fully saturated rings. The van der Waals surface area contributed by atoms with Crippen molar-refractivity contribution in [1.82, 2.24) is 9.97 Å². The number of ether oxygens (including phenoxy) is 1. The highest BCUT2D eigenvalue weighted by Crippen LogP contribution is 2.26. The Morgan fingerprint density at radius 1 is 1.40 bits per heavy atom. The summed E-state index contributed by atoms with van der Waals surface area (Å²) in [7, 11) is 0. The predicted molar refractivity (Wildman–Crippen MR) is 72.7 cm³/mol. The Hall–Kier alpha value is -2.46. The predicted octanol–water partition coefficient (Wildman–Crippen LogP) is 2.91. The van der Waals surface area contributed by atoms with Gasteiger partial charge in [0.2, 0.25) is 0 Å². The number of aromatic carboxylic acids is 1. The Kier molecular flexibility index (Phi) is 3.96. The first kappa shape index (κ1) is 14.0. The maximum atomic E-state index is 11.2. The number of carboxylic acid groups (broad SMARTS) is 1. The van der Waals surface area contributed by atoms with Gasteiger partial charge >= 0.3 is 12.0 Å². The van der Waals surface area contributed by atoms with Crippen molar-refractivity contribution in [3.8, 4) is 17.8 Å². The fourth-order valence-electron chi connectivity index (χ4n) is 1.50. The number of aryl methyl sites for hydroxylation is 1. The Balaban J connectivity index is 2.42. The number of halogens is 1. The van der Waals surface area contributed by atoms with Crippen molar-refractivity contribution in [2.45, 2.75) is 6.92 Å². The van der Waals surface area contributed by atoms with Gasteiger partial charge in [0.1, 0.15) is 23.1 Å². The SMILES string of the molecule is Cc1cc(C#N)nc(Oc2ccc(Br)cc2C(=O)O)n1. The quantitative estimate of drug-likeness (QED) is 0.927. The summed E-state index contributed by atoms with van der Waals surface area (Å²) in [5.41, 5.74) is 0.685. The van der Waals surface area contributed by atoms with E-state index in [1.165, 1.54) is 18.2 Å². The van der Waals surface area contributed by atoms with Crippen molar-refractivity contribution in [3.63, 3.8) is 0 Å². The van der Waals surface area contributed by atoms with Crippen LogP contribution in [0.3, 0.4) is 0 Å². The maximum Gasteiger partial charge on any atom is 0.339 e. The zero-order chi connectivity index (χ0) is 14.7. The van der Waals surface area contributed by atoms with Crippen molar-refractivity contribution in [2.75, 3.05) is 0 Å². The van der Waals surface area contributed by atoms with Crippen LogP contribution in [0.4, 0.5) is 0 Å². The number of hydrogen-bond acceptors (Lipinski definition) is 5. The average molecular weight is 334 g/mol. The van der Waals surface area contributed by atoms with E-state index in [0.717, 1.165) is 0 Å². The summed E-state index contributed by atoms with van der Waals surface area (Å²) in [6.45, 7) is 1.69. The fraction of sp³-hybridized carbons (Fsp3) is 0.0769. The second-order valence-electron chi connectivity index (χ2n) is 3.84. The number of carboxylic acids is 1. The lowest BCUT2D eigenvalue weighted by molar-refractivity contribution is 0.0694. The third-order valence-corrected chi connectivity index (χ3v) is 2.81.